The summed E-state index contributed by atoms with van der Waals surface area (Å²) in [5.41, 5.74) is 0.395. The van der Waals surface area contributed by atoms with Crippen LogP contribution in [0, 0.1) is 11.6 Å². The van der Waals surface area contributed by atoms with Crippen LogP contribution in [0.1, 0.15) is 24.9 Å². The van der Waals surface area contributed by atoms with E-state index in [1.165, 1.54) is 0 Å². The number of hydrogen-bond donors (Lipinski definition) is 1. The number of hydrogen-bond acceptors (Lipinski definition) is 3. The highest BCUT2D eigenvalue weighted by atomic mass is 19.2. The van der Waals surface area contributed by atoms with Crippen LogP contribution in [0.15, 0.2) is 18.2 Å². The SMILES string of the molecule is CCNC(CCN(C)CCOC)c1cccc(F)c1F. The number of nitrogens with zero attached hydrogens (tertiary/aromatic N) is 1. The fourth-order valence-electron chi connectivity index (χ4n) is 2.11. The Morgan fingerprint density at radius 3 is 2.70 bits per heavy atom. The van der Waals surface area contributed by atoms with Crippen molar-refractivity contribution >= 4 is 0 Å². The molecule has 5 heteroatoms. The van der Waals surface area contributed by atoms with Crippen LogP contribution in [0.4, 0.5) is 8.78 Å². The maximum Gasteiger partial charge on any atom is 0.163 e. The summed E-state index contributed by atoms with van der Waals surface area (Å²) in [6, 6.07) is 4.15. The van der Waals surface area contributed by atoms with E-state index in [-0.39, 0.29) is 6.04 Å². The molecule has 0 aromatic heterocycles. The Morgan fingerprint density at radius 2 is 2.05 bits per heavy atom. The minimum Gasteiger partial charge on any atom is -0.383 e. The third-order valence-electron chi connectivity index (χ3n) is 3.28. The van der Waals surface area contributed by atoms with Crippen LogP contribution in [0.5, 0.6) is 0 Å². The van der Waals surface area contributed by atoms with Gasteiger partial charge in [-0.3, -0.25) is 0 Å². The van der Waals surface area contributed by atoms with E-state index in [1.54, 1.807) is 19.2 Å². The molecular weight excluding hydrogens is 262 g/mol. The number of ether oxygens (including phenoxy) is 1. The normalized spacial score (nSPS) is 12.9. The van der Waals surface area contributed by atoms with Gasteiger partial charge < -0.3 is 15.0 Å². The first kappa shape index (κ1) is 17.0. The summed E-state index contributed by atoms with van der Waals surface area (Å²) < 4.78 is 32.2. The lowest BCUT2D eigenvalue weighted by molar-refractivity contribution is 0.158. The van der Waals surface area contributed by atoms with Gasteiger partial charge in [-0.25, -0.2) is 8.78 Å². The predicted molar refractivity (Wildman–Crippen MR) is 76.8 cm³/mol. The first-order valence-corrected chi connectivity index (χ1v) is 6.94. The zero-order chi connectivity index (χ0) is 15.0. The second-order valence-electron chi connectivity index (χ2n) is 4.84. The molecule has 1 rings (SSSR count). The fourth-order valence-corrected chi connectivity index (χ4v) is 2.11. The number of likely N-dealkylation sites (N-methyl/N-ethyl adjacent to an activating group) is 1. The summed E-state index contributed by atoms with van der Waals surface area (Å²) in [5, 5.41) is 3.21. The lowest BCUT2D eigenvalue weighted by Gasteiger charge is -2.23. The van der Waals surface area contributed by atoms with Crippen molar-refractivity contribution in [3.05, 3.63) is 35.4 Å². The third kappa shape index (κ3) is 5.15. The molecule has 20 heavy (non-hydrogen) atoms. The summed E-state index contributed by atoms with van der Waals surface area (Å²) in [5.74, 6) is -1.55. The van der Waals surface area contributed by atoms with Gasteiger partial charge >= 0.3 is 0 Å². The first-order valence-electron chi connectivity index (χ1n) is 6.94. The molecule has 0 aliphatic rings. The van der Waals surface area contributed by atoms with Crippen LogP contribution in [0.3, 0.4) is 0 Å². The fraction of sp³-hybridized carbons (Fsp3) is 0.600. The van der Waals surface area contributed by atoms with Gasteiger partial charge in [-0.05, 0) is 32.6 Å². The Hall–Kier alpha value is -1.04. The number of benzene rings is 1. The zero-order valence-electron chi connectivity index (χ0n) is 12.5. The molecule has 0 aliphatic carbocycles. The molecule has 0 saturated heterocycles. The second kappa shape index (κ2) is 9.00. The molecule has 0 aliphatic heterocycles. The van der Waals surface area contributed by atoms with Crippen LogP contribution in [0.25, 0.3) is 0 Å². The standard InChI is InChI=1S/C15H24F2N2O/c1-4-18-14(8-9-19(2)10-11-20-3)12-6-5-7-13(16)15(12)17/h5-7,14,18H,4,8-11H2,1-3H3. The van der Waals surface area contributed by atoms with Gasteiger partial charge in [-0.15, -0.1) is 0 Å². The van der Waals surface area contributed by atoms with E-state index in [9.17, 15) is 8.78 Å². The maximum atomic E-state index is 13.9. The summed E-state index contributed by atoms with van der Waals surface area (Å²) in [6.07, 6.45) is 0.717. The van der Waals surface area contributed by atoms with E-state index in [4.69, 9.17) is 4.74 Å². The molecule has 0 radical (unpaired) electrons. The summed E-state index contributed by atoms with van der Waals surface area (Å²) in [7, 11) is 3.65. The van der Waals surface area contributed by atoms with E-state index >= 15 is 0 Å². The molecule has 1 atom stereocenters. The first-order chi connectivity index (χ1) is 9.60. The van der Waals surface area contributed by atoms with E-state index < -0.39 is 11.6 Å². The number of halogens is 2. The van der Waals surface area contributed by atoms with E-state index in [2.05, 4.69) is 10.2 Å². The van der Waals surface area contributed by atoms with Crippen LogP contribution >= 0.6 is 0 Å². The van der Waals surface area contributed by atoms with Crippen molar-refractivity contribution in [1.29, 1.82) is 0 Å². The molecule has 1 aromatic rings. The molecule has 114 valence electrons. The van der Waals surface area contributed by atoms with Crippen LogP contribution in [-0.4, -0.2) is 45.3 Å². The second-order valence-corrected chi connectivity index (χ2v) is 4.84. The largest absolute Gasteiger partial charge is 0.383 e. The minimum absolute atomic E-state index is 0.180. The van der Waals surface area contributed by atoms with Crippen molar-refractivity contribution in [3.8, 4) is 0 Å². The number of nitrogens with one attached hydrogen (secondary N) is 1. The van der Waals surface area contributed by atoms with Gasteiger partial charge in [0, 0.05) is 25.3 Å². The topological polar surface area (TPSA) is 24.5 Å². The van der Waals surface area contributed by atoms with Crippen LogP contribution < -0.4 is 5.32 Å². The summed E-state index contributed by atoms with van der Waals surface area (Å²) >= 11 is 0. The third-order valence-corrected chi connectivity index (χ3v) is 3.28. The Labute approximate surface area is 119 Å². The highest BCUT2D eigenvalue weighted by molar-refractivity contribution is 5.22. The molecule has 0 spiro atoms. The van der Waals surface area contributed by atoms with Gasteiger partial charge in [-0.2, -0.15) is 0 Å². The Bertz CT molecular complexity index is 401. The molecule has 0 bridgehead atoms. The molecular formula is C15H24F2N2O. The predicted octanol–water partition coefficient (Wildman–Crippen LogP) is 2.58. The molecule has 1 aromatic carbocycles. The Morgan fingerprint density at radius 1 is 1.30 bits per heavy atom. The Balaban J connectivity index is 2.66. The lowest BCUT2D eigenvalue weighted by Crippen LogP contribution is -2.29. The highest BCUT2D eigenvalue weighted by Gasteiger charge is 2.17. The molecule has 3 nitrogen and oxygen atoms in total. The van der Waals surface area contributed by atoms with Crippen molar-refractivity contribution < 1.29 is 13.5 Å². The average molecular weight is 286 g/mol. The van der Waals surface area contributed by atoms with E-state index in [0.717, 1.165) is 19.2 Å². The van der Waals surface area contributed by atoms with Gasteiger partial charge in [-0.1, -0.05) is 19.1 Å². The smallest absolute Gasteiger partial charge is 0.163 e. The minimum atomic E-state index is -0.793. The average Bonchev–Trinajstić information content (AvgIpc) is 2.44. The molecule has 0 saturated carbocycles. The summed E-state index contributed by atoms with van der Waals surface area (Å²) in [6.45, 7) is 4.94. The van der Waals surface area contributed by atoms with Crippen molar-refractivity contribution in [2.75, 3.05) is 40.4 Å². The van der Waals surface area contributed by atoms with E-state index in [0.29, 0.717) is 25.1 Å². The summed E-state index contributed by atoms with van der Waals surface area (Å²) in [4.78, 5) is 2.12. The monoisotopic (exact) mass is 286 g/mol. The molecule has 1 N–H and O–H groups in total. The van der Waals surface area contributed by atoms with Crippen molar-refractivity contribution in [2.45, 2.75) is 19.4 Å². The van der Waals surface area contributed by atoms with Crippen molar-refractivity contribution in [3.63, 3.8) is 0 Å². The van der Waals surface area contributed by atoms with Crippen molar-refractivity contribution in [2.24, 2.45) is 0 Å². The quantitative estimate of drug-likeness (QED) is 0.755. The lowest BCUT2D eigenvalue weighted by atomic mass is 10.0. The van der Waals surface area contributed by atoms with Gasteiger partial charge in [0.25, 0.3) is 0 Å². The number of methoxy groups -OCH3 is 1. The van der Waals surface area contributed by atoms with Gasteiger partial charge in [0.15, 0.2) is 11.6 Å². The molecule has 1 unspecified atom stereocenters. The number of rotatable bonds is 9. The van der Waals surface area contributed by atoms with Crippen LogP contribution in [-0.2, 0) is 4.74 Å². The Kier molecular flexibility index (Phi) is 7.65. The van der Waals surface area contributed by atoms with Crippen LogP contribution in [0.2, 0.25) is 0 Å². The van der Waals surface area contributed by atoms with Crippen molar-refractivity contribution in [1.82, 2.24) is 10.2 Å². The molecule has 0 fully saturated rings. The van der Waals surface area contributed by atoms with Gasteiger partial charge in [0.1, 0.15) is 0 Å². The van der Waals surface area contributed by atoms with E-state index in [1.807, 2.05) is 14.0 Å². The molecule has 0 amide bonds. The highest BCUT2D eigenvalue weighted by Crippen LogP contribution is 2.22. The maximum absolute atomic E-state index is 13.9. The van der Waals surface area contributed by atoms with Gasteiger partial charge in [0.05, 0.1) is 6.61 Å². The molecule has 0 heterocycles. The van der Waals surface area contributed by atoms with Gasteiger partial charge in [0.2, 0.25) is 0 Å². The zero-order valence-corrected chi connectivity index (χ0v) is 12.5.